The molecule has 0 N–H and O–H groups in total. The minimum absolute atomic E-state index is 0.236. The third-order valence-corrected chi connectivity index (χ3v) is 7.33. The summed E-state index contributed by atoms with van der Waals surface area (Å²) in [7, 11) is -3.68. The molecule has 0 saturated heterocycles. The summed E-state index contributed by atoms with van der Waals surface area (Å²) in [6.07, 6.45) is 0.792. The Bertz CT molecular complexity index is 854. The number of carbonyl (C=O) groups is 1. The third kappa shape index (κ3) is 3.21. The maximum absolute atomic E-state index is 13.1. The first-order valence-corrected chi connectivity index (χ1v) is 10.0. The Morgan fingerprint density at radius 3 is 2.16 bits per heavy atom. The van der Waals surface area contributed by atoms with Crippen LogP contribution in [0.1, 0.15) is 30.9 Å². The molecule has 1 aliphatic rings. The zero-order valence-corrected chi connectivity index (χ0v) is 15.4. The molecule has 5 heteroatoms. The summed E-state index contributed by atoms with van der Waals surface area (Å²) in [6, 6.07) is 16.4. The van der Waals surface area contributed by atoms with Crippen LogP contribution in [-0.2, 0) is 21.2 Å². The highest BCUT2D eigenvalue weighted by molar-refractivity contribution is 7.94. The molecular weight excluding hydrogens is 334 g/mol. The molecule has 4 nitrogen and oxygen atoms in total. The molecule has 1 aliphatic carbocycles. The number of aryl methyl sites for hydroxylation is 1. The van der Waals surface area contributed by atoms with Gasteiger partial charge in [0.05, 0.1) is 4.90 Å². The van der Waals surface area contributed by atoms with Crippen molar-refractivity contribution in [1.82, 2.24) is 4.90 Å². The second-order valence-corrected chi connectivity index (χ2v) is 8.88. The maximum atomic E-state index is 13.1. The average molecular weight is 357 g/mol. The lowest BCUT2D eigenvalue weighted by atomic mass is 10.2. The van der Waals surface area contributed by atoms with Crippen molar-refractivity contribution in [1.29, 1.82) is 0 Å². The van der Waals surface area contributed by atoms with Gasteiger partial charge in [0.2, 0.25) is 5.91 Å². The van der Waals surface area contributed by atoms with Gasteiger partial charge in [-0.3, -0.25) is 4.79 Å². The smallest absolute Gasteiger partial charge is 0.244 e. The lowest BCUT2D eigenvalue weighted by Gasteiger charge is -2.26. The normalized spacial score (nSPS) is 15.6. The number of nitrogens with zero attached hydrogens (tertiary/aromatic N) is 1. The molecule has 2 aromatic carbocycles. The summed E-state index contributed by atoms with van der Waals surface area (Å²) in [5.74, 6) is -0.278. The van der Waals surface area contributed by atoms with Crippen molar-refractivity contribution in [2.24, 2.45) is 0 Å². The van der Waals surface area contributed by atoms with E-state index in [1.54, 1.807) is 29.2 Å². The molecule has 132 valence electrons. The van der Waals surface area contributed by atoms with E-state index in [1.807, 2.05) is 44.2 Å². The molecule has 1 saturated carbocycles. The zero-order chi connectivity index (χ0) is 18.1. The third-order valence-electron chi connectivity index (χ3n) is 4.82. The van der Waals surface area contributed by atoms with E-state index in [4.69, 9.17) is 0 Å². The van der Waals surface area contributed by atoms with Gasteiger partial charge in [-0.2, -0.15) is 0 Å². The summed E-state index contributed by atoms with van der Waals surface area (Å²) in [5.41, 5.74) is 2.00. The van der Waals surface area contributed by atoms with Crippen molar-refractivity contribution in [3.8, 4) is 0 Å². The number of carbonyl (C=O) groups excluding carboxylic acids is 1. The fraction of sp³-hybridized carbons (Fsp3) is 0.350. The molecule has 25 heavy (non-hydrogen) atoms. The fourth-order valence-corrected chi connectivity index (χ4v) is 5.02. The topological polar surface area (TPSA) is 54.5 Å². The Kier molecular flexibility index (Phi) is 4.69. The van der Waals surface area contributed by atoms with E-state index >= 15 is 0 Å². The van der Waals surface area contributed by atoms with E-state index in [2.05, 4.69) is 0 Å². The number of amides is 1. The van der Waals surface area contributed by atoms with Crippen LogP contribution in [0, 0.1) is 6.92 Å². The number of hydrogen-bond donors (Lipinski definition) is 0. The predicted molar refractivity (Wildman–Crippen MR) is 97.9 cm³/mol. The fourth-order valence-electron chi connectivity index (χ4n) is 3.07. The van der Waals surface area contributed by atoms with E-state index in [9.17, 15) is 13.2 Å². The van der Waals surface area contributed by atoms with Gasteiger partial charge in [-0.05, 0) is 44.4 Å². The van der Waals surface area contributed by atoms with Gasteiger partial charge >= 0.3 is 0 Å². The van der Waals surface area contributed by atoms with Gasteiger partial charge in [0.1, 0.15) is 0 Å². The highest BCUT2D eigenvalue weighted by Crippen LogP contribution is 2.48. The molecule has 1 fully saturated rings. The Balaban J connectivity index is 1.88. The van der Waals surface area contributed by atoms with Crippen LogP contribution in [0.3, 0.4) is 0 Å². The van der Waals surface area contributed by atoms with Gasteiger partial charge in [0.25, 0.3) is 0 Å². The highest BCUT2D eigenvalue weighted by Gasteiger charge is 2.62. The number of rotatable bonds is 6. The summed E-state index contributed by atoms with van der Waals surface area (Å²) in [6.45, 7) is 4.71. The largest absolute Gasteiger partial charge is 0.337 e. The minimum atomic E-state index is -3.68. The molecule has 1 amide bonds. The molecule has 0 radical (unpaired) electrons. The Labute approximate surface area is 149 Å². The van der Waals surface area contributed by atoms with Crippen LogP contribution in [0.25, 0.3) is 0 Å². The number of benzene rings is 2. The molecule has 3 rings (SSSR count). The van der Waals surface area contributed by atoms with E-state index < -0.39 is 14.6 Å². The van der Waals surface area contributed by atoms with Crippen LogP contribution in [0.15, 0.2) is 59.5 Å². The van der Waals surface area contributed by atoms with Gasteiger partial charge in [-0.1, -0.05) is 48.0 Å². The highest BCUT2D eigenvalue weighted by atomic mass is 32.2. The second kappa shape index (κ2) is 6.64. The van der Waals surface area contributed by atoms with Gasteiger partial charge in [-0.25, -0.2) is 8.42 Å². The van der Waals surface area contributed by atoms with Gasteiger partial charge in [0, 0.05) is 13.1 Å². The van der Waals surface area contributed by atoms with E-state index in [0.29, 0.717) is 25.9 Å². The average Bonchev–Trinajstić information content (AvgIpc) is 3.43. The van der Waals surface area contributed by atoms with Gasteiger partial charge in [0.15, 0.2) is 14.6 Å². The molecular formula is C20H23NO3S. The summed E-state index contributed by atoms with van der Waals surface area (Å²) >= 11 is 0. The number of hydrogen-bond acceptors (Lipinski definition) is 3. The molecule has 2 aromatic rings. The van der Waals surface area contributed by atoms with Crippen LogP contribution < -0.4 is 0 Å². The quantitative estimate of drug-likeness (QED) is 0.797. The lowest BCUT2D eigenvalue weighted by molar-refractivity contribution is -0.131. The van der Waals surface area contributed by atoms with Crippen molar-refractivity contribution in [2.45, 2.75) is 42.9 Å². The van der Waals surface area contributed by atoms with E-state index in [0.717, 1.165) is 11.1 Å². The first-order chi connectivity index (χ1) is 11.9. The molecule has 0 heterocycles. The Morgan fingerprint density at radius 2 is 1.64 bits per heavy atom. The summed E-state index contributed by atoms with van der Waals surface area (Å²) < 4.78 is 24.9. The molecule has 0 unspecified atom stereocenters. The minimum Gasteiger partial charge on any atom is -0.337 e. The van der Waals surface area contributed by atoms with Crippen molar-refractivity contribution in [2.75, 3.05) is 6.54 Å². The van der Waals surface area contributed by atoms with Crippen LogP contribution in [0.5, 0.6) is 0 Å². The molecule has 0 aromatic heterocycles. The SMILES string of the molecule is CCN(Cc1ccccc1)C(=O)C1(S(=O)(=O)c2ccc(C)cc2)CC1. The first kappa shape index (κ1) is 17.7. The number of sulfone groups is 1. The first-order valence-electron chi connectivity index (χ1n) is 8.55. The van der Waals surface area contributed by atoms with Crippen LogP contribution in [0.2, 0.25) is 0 Å². The summed E-state index contributed by atoms with van der Waals surface area (Å²) in [5, 5.41) is 0. The van der Waals surface area contributed by atoms with Crippen molar-refractivity contribution in [3.05, 3.63) is 65.7 Å². The molecule has 0 spiro atoms. The predicted octanol–water partition coefficient (Wildman–Crippen LogP) is 3.35. The molecule has 0 atom stereocenters. The van der Waals surface area contributed by atoms with Crippen molar-refractivity contribution < 1.29 is 13.2 Å². The molecule has 0 aliphatic heterocycles. The monoisotopic (exact) mass is 357 g/mol. The second-order valence-electron chi connectivity index (χ2n) is 6.62. The zero-order valence-electron chi connectivity index (χ0n) is 14.6. The van der Waals surface area contributed by atoms with Crippen LogP contribution in [0.4, 0.5) is 0 Å². The Hall–Kier alpha value is -2.14. The van der Waals surface area contributed by atoms with Crippen LogP contribution in [-0.4, -0.2) is 30.5 Å². The summed E-state index contributed by atoms with van der Waals surface area (Å²) in [4.78, 5) is 15.0. The maximum Gasteiger partial charge on any atom is 0.244 e. The van der Waals surface area contributed by atoms with Gasteiger partial charge < -0.3 is 4.90 Å². The van der Waals surface area contributed by atoms with E-state index in [-0.39, 0.29) is 10.8 Å². The van der Waals surface area contributed by atoms with E-state index in [1.165, 1.54) is 0 Å². The van der Waals surface area contributed by atoms with Gasteiger partial charge in [-0.15, -0.1) is 0 Å². The van der Waals surface area contributed by atoms with Crippen molar-refractivity contribution >= 4 is 15.7 Å². The van der Waals surface area contributed by atoms with Crippen LogP contribution >= 0.6 is 0 Å². The van der Waals surface area contributed by atoms with Crippen molar-refractivity contribution in [3.63, 3.8) is 0 Å². The molecule has 0 bridgehead atoms. The lowest BCUT2D eigenvalue weighted by Crippen LogP contribution is -2.44. The Morgan fingerprint density at radius 1 is 1.04 bits per heavy atom. The standard InChI is InChI=1S/C20H23NO3S/c1-3-21(15-17-7-5-4-6-8-17)19(22)20(13-14-20)25(23,24)18-11-9-16(2)10-12-18/h4-12H,3,13-15H2,1-2H3.